The number of hydrogen-bond donors (Lipinski definition) is 3. The molecule has 124 valence electrons. The second-order valence-corrected chi connectivity index (χ2v) is 6.41. The van der Waals surface area contributed by atoms with Crippen LogP contribution < -0.4 is 20.7 Å². The van der Waals surface area contributed by atoms with Crippen LogP contribution in [0.2, 0.25) is 0 Å². The Labute approximate surface area is 134 Å². The fourth-order valence-electron chi connectivity index (χ4n) is 3.51. The number of nitrogens with one attached hydrogen (secondary N) is 3. The summed E-state index contributed by atoms with van der Waals surface area (Å²) < 4.78 is 20.9. The Balaban J connectivity index is 1.74. The number of anilines is 2. The van der Waals surface area contributed by atoms with E-state index in [9.17, 15) is 4.79 Å². The number of piperazine rings is 1. The summed E-state index contributed by atoms with van der Waals surface area (Å²) in [5.41, 5.74) is 1.36. The van der Waals surface area contributed by atoms with Crippen LogP contribution in [0, 0.1) is 5.82 Å². The summed E-state index contributed by atoms with van der Waals surface area (Å²) in [6, 6.07) is 1.79. The number of carbonyl (C=O) groups excluding carboxylic acids is 1. The van der Waals surface area contributed by atoms with E-state index in [4.69, 9.17) is 4.74 Å². The minimum absolute atomic E-state index is 0.219. The van der Waals surface area contributed by atoms with Crippen molar-refractivity contribution in [3.8, 4) is 5.75 Å². The zero-order valence-electron chi connectivity index (χ0n) is 13.1. The molecular formula is C16H21FN4O2. The molecule has 1 unspecified atom stereocenters. The van der Waals surface area contributed by atoms with Crippen LogP contribution in [-0.2, 0) is 11.3 Å². The first-order chi connectivity index (χ1) is 11.1. The van der Waals surface area contributed by atoms with Crippen molar-refractivity contribution in [3.63, 3.8) is 0 Å². The van der Waals surface area contributed by atoms with Crippen molar-refractivity contribution in [1.82, 2.24) is 10.2 Å². The number of rotatable bonds is 0. The largest absolute Gasteiger partial charge is 0.493 e. The molecule has 1 aromatic carbocycles. The highest BCUT2D eigenvalue weighted by Gasteiger charge is 2.31. The first-order valence-electron chi connectivity index (χ1n) is 8.14. The molecule has 0 bridgehead atoms. The van der Waals surface area contributed by atoms with E-state index in [-0.39, 0.29) is 23.5 Å². The lowest BCUT2D eigenvalue weighted by Gasteiger charge is -2.38. The molecular weight excluding hydrogens is 299 g/mol. The van der Waals surface area contributed by atoms with Gasteiger partial charge < -0.3 is 20.7 Å². The number of halogens is 1. The lowest BCUT2D eigenvalue weighted by Crippen LogP contribution is -2.51. The monoisotopic (exact) mass is 320 g/mol. The molecule has 2 atom stereocenters. The molecule has 0 aromatic heterocycles. The molecule has 1 aromatic rings. The minimum Gasteiger partial charge on any atom is -0.493 e. The van der Waals surface area contributed by atoms with Gasteiger partial charge in [0.15, 0.2) is 5.82 Å². The summed E-state index contributed by atoms with van der Waals surface area (Å²) in [5, 5.41) is 9.08. The predicted octanol–water partition coefficient (Wildman–Crippen LogP) is 1.13. The molecule has 3 heterocycles. The van der Waals surface area contributed by atoms with Crippen LogP contribution in [0.5, 0.6) is 5.75 Å². The average molecular weight is 320 g/mol. The first-order valence-corrected chi connectivity index (χ1v) is 8.14. The number of nitrogens with zero attached hydrogens (tertiary/aromatic N) is 1. The summed E-state index contributed by atoms with van der Waals surface area (Å²) in [6.45, 7) is 5.53. The summed E-state index contributed by atoms with van der Waals surface area (Å²) in [6.07, 6.45) is 0.922. The quantitative estimate of drug-likeness (QED) is 0.669. The fraction of sp³-hybridized carbons (Fsp3) is 0.562. The summed E-state index contributed by atoms with van der Waals surface area (Å²) >= 11 is 0. The van der Waals surface area contributed by atoms with Crippen molar-refractivity contribution in [2.75, 3.05) is 36.9 Å². The van der Waals surface area contributed by atoms with Gasteiger partial charge in [-0.15, -0.1) is 0 Å². The van der Waals surface area contributed by atoms with Gasteiger partial charge in [-0.25, -0.2) is 4.39 Å². The van der Waals surface area contributed by atoms with Crippen LogP contribution in [-0.4, -0.2) is 49.1 Å². The Morgan fingerprint density at radius 1 is 1.43 bits per heavy atom. The summed E-state index contributed by atoms with van der Waals surface area (Å²) in [7, 11) is 0. The second kappa shape index (κ2) is 5.65. The molecule has 6 nitrogen and oxygen atoms in total. The van der Waals surface area contributed by atoms with Crippen molar-refractivity contribution >= 4 is 17.3 Å². The van der Waals surface area contributed by atoms with Gasteiger partial charge in [-0.1, -0.05) is 0 Å². The van der Waals surface area contributed by atoms with Crippen LogP contribution in [0.15, 0.2) is 6.07 Å². The maximum Gasteiger partial charge on any atom is 0.246 e. The van der Waals surface area contributed by atoms with Gasteiger partial charge in [-0.05, 0) is 13.3 Å². The summed E-state index contributed by atoms with van der Waals surface area (Å²) in [4.78, 5) is 14.1. The van der Waals surface area contributed by atoms with Crippen molar-refractivity contribution in [3.05, 3.63) is 17.4 Å². The van der Waals surface area contributed by atoms with Crippen LogP contribution in [0.25, 0.3) is 0 Å². The van der Waals surface area contributed by atoms with E-state index in [0.717, 1.165) is 26.1 Å². The molecule has 0 spiro atoms. The molecule has 3 aliphatic rings. The Morgan fingerprint density at radius 3 is 3.17 bits per heavy atom. The molecule has 3 N–H and O–H groups in total. The highest BCUT2D eigenvalue weighted by Crippen LogP contribution is 2.39. The number of ether oxygens (including phenoxy) is 1. The van der Waals surface area contributed by atoms with Crippen LogP contribution in [0.1, 0.15) is 18.9 Å². The van der Waals surface area contributed by atoms with Gasteiger partial charge in [0.1, 0.15) is 17.5 Å². The third-order valence-corrected chi connectivity index (χ3v) is 4.88. The molecule has 1 saturated heterocycles. The van der Waals surface area contributed by atoms with Gasteiger partial charge in [0.2, 0.25) is 5.91 Å². The van der Waals surface area contributed by atoms with E-state index < -0.39 is 0 Å². The molecule has 1 amide bonds. The zero-order chi connectivity index (χ0) is 16.0. The Kier molecular flexibility index (Phi) is 3.61. The van der Waals surface area contributed by atoms with Crippen molar-refractivity contribution < 1.29 is 13.9 Å². The van der Waals surface area contributed by atoms with Crippen molar-refractivity contribution in [2.24, 2.45) is 0 Å². The Hall–Kier alpha value is -1.86. The highest BCUT2D eigenvalue weighted by atomic mass is 19.1. The maximum absolute atomic E-state index is 15.0. The third-order valence-electron chi connectivity index (χ3n) is 4.88. The van der Waals surface area contributed by atoms with Gasteiger partial charge in [0.05, 0.1) is 12.3 Å². The van der Waals surface area contributed by atoms with Gasteiger partial charge in [0, 0.05) is 43.9 Å². The van der Waals surface area contributed by atoms with Crippen LogP contribution >= 0.6 is 0 Å². The van der Waals surface area contributed by atoms with E-state index in [0.29, 0.717) is 36.2 Å². The number of hydrogen-bond acceptors (Lipinski definition) is 5. The standard InChI is InChI=1S/C16H21FN4O2/c1-9-16(22)20-15-12(19-9)6-13-11(14(15)17)8-21-4-3-18-7-10(21)2-5-23-13/h6,9-10,18-19H,2-5,7-8H2,1H3,(H,20,22)/t9?,10-/m1/s1. The molecule has 4 rings (SSSR count). The van der Waals surface area contributed by atoms with E-state index in [1.807, 2.05) is 6.07 Å². The first kappa shape index (κ1) is 14.7. The number of fused-ring (bicyclic) bond motifs is 3. The number of benzene rings is 1. The molecule has 3 aliphatic heterocycles. The van der Waals surface area contributed by atoms with Crippen molar-refractivity contribution in [2.45, 2.75) is 32.0 Å². The number of carbonyl (C=O) groups is 1. The van der Waals surface area contributed by atoms with Gasteiger partial charge in [-0.3, -0.25) is 9.69 Å². The average Bonchev–Trinajstić information content (AvgIpc) is 2.52. The molecule has 0 aliphatic carbocycles. The fourth-order valence-corrected chi connectivity index (χ4v) is 3.51. The van der Waals surface area contributed by atoms with Gasteiger partial charge in [0.25, 0.3) is 0 Å². The van der Waals surface area contributed by atoms with Gasteiger partial charge in [-0.2, -0.15) is 0 Å². The highest BCUT2D eigenvalue weighted by molar-refractivity contribution is 6.03. The molecule has 0 radical (unpaired) electrons. The van der Waals surface area contributed by atoms with E-state index >= 15 is 4.39 Å². The lowest BCUT2D eigenvalue weighted by molar-refractivity contribution is -0.116. The number of amides is 1. The van der Waals surface area contributed by atoms with Crippen LogP contribution in [0.4, 0.5) is 15.8 Å². The predicted molar refractivity (Wildman–Crippen MR) is 85.3 cm³/mol. The van der Waals surface area contributed by atoms with Crippen molar-refractivity contribution in [1.29, 1.82) is 0 Å². The normalized spacial score (nSPS) is 27.3. The van der Waals surface area contributed by atoms with Crippen LogP contribution in [0.3, 0.4) is 0 Å². The molecule has 0 saturated carbocycles. The van der Waals surface area contributed by atoms with Gasteiger partial charge >= 0.3 is 0 Å². The molecule has 7 heteroatoms. The Bertz CT molecular complexity index is 651. The van der Waals surface area contributed by atoms with E-state index in [1.165, 1.54) is 0 Å². The lowest BCUT2D eigenvalue weighted by atomic mass is 10.0. The van der Waals surface area contributed by atoms with E-state index in [1.54, 1.807) is 6.92 Å². The zero-order valence-corrected chi connectivity index (χ0v) is 13.1. The SMILES string of the molecule is CC1Nc2cc3c(c(F)c2NC1=O)CN1CCNC[C@H]1CCO3. The minimum atomic E-state index is -0.385. The third kappa shape index (κ3) is 2.53. The summed E-state index contributed by atoms with van der Waals surface area (Å²) in [5.74, 6) is -0.0262. The van der Waals surface area contributed by atoms with E-state index in [2.05, 4.69) is 20.9 Å². The smallest absolute Gasteiger partial charge is 0.246 e. The second-order valence-electron chi connectivity index (χ2n) is 6.41. The molecule has 1 fully saturated rings. The Morgan fingerprint density at radius 2 is 2.30 bits per heavy atom. The maximum atomic E-state index is 15.0. The topological polar surface area (TPSA) is 65.6 Å². The molecule has 23 heavy (non-hydrogen) atoms.